The maximum Gasteiger partial charge on any atom is 0.251 e. The van der Waals surface area contributed by atoms with E-state index >= 15 is 0 Å². The third-order valence-corrected chi connectivity index (χ3v) is 4.92. The van der Waals surface area contributed by atoms with Gasteiger partial charge in [-0.2, -0.15) is 5.10 Å². The van der Waals surface area contributed by atoms with E-state index in [1.807, 2.05) is 11.8 Å². The van der Waals surface area contributed by atoms with E-state index in [4.69, 9.17) is 16.3 Å². The Balaban J connectivity index is 1.55. The highest BCUT2D eigenvalue weighted by Crippen LogP contribution is 2.20. The Morgan fingerprint density at radius 3 is 2.91 bits per heavy atom. The number of aromatic amines is 1. The summed E-state index contributed by atoms with van der Waals surface area (Å²) in [6, 6.07) is 0. The van der Waals surface area contributed by atoms with Gasteiger partial charge in [0.25, 0.3) is 5.91 Å². The fourth-order valence-electron chi connectivity index (χ4n) is 3.11. The zero-order chi connectivity index (χ0) is 15.5. The van der Waals surface area contributed by atoms with Crippen LogP contribution in [-0.2, 0) is 16.1 Å². The van der Waals surface area contributed by atoms with E-state index in [-0.39, 0.29) is 12.0 Å². The summed E-state index contributed by atoms with van der Waals surface area (Å²) >= 11 is 6.23. The van der Waals surface area contributed by atoms with Crippen molar-refractivity contribution in [3.05, 3.63) is 16.4 Å². The Labute approximate surface area is 135 Å². The van der Waals surface area contributed by atoms with E-state index in [0.29, 0.717) is 6.61 Å². The molecule has 1 N–H and O–H groups in total. The molecule has 7 heteroatoms. The van der Waals surface area contributed by atoms with E-state index in [9.17, 15) is 4.79 Å². The Morgan fingerprint density at radius 2 is 2.23 bits per heavy atom. The largest absolute Gasteiger partial charge is 0.368 e. The van der Waals surface area contributed by atoms with Crippen molar-refractivity contribution in [3.63, 3.8) is 0 Å². The monoisotopic (exact) mass is 326 g/mol. The van der Waals surface area contributed by atoms with E-state index in [1.165, 1.54) is 0 Å². The minimum atomic E-state index is -0.213. The SMILES string of the molecule is Cc1[nH]nc(CN2CCCN(C(=O)[C@@H]3CCCO3)CC2)c1Cl. The molecule has 0 saturated carbocycles. The van der Waals surface area contributed by atoms with Crippen molar-refractivity contribution in [1.29, 1.82) is 0 Å². The van der Waals surface area contributed by atoms with Crippen molar-refractivity contribution < 1.29 is 9.53 Å². The quantitative estimate of drug-likeness (QED) is 0.916. The molecule has 3 heterocycles. The molecular weight excluding hydrogens is 304 g/mol. The van der Waals surface area contributed by atoms with Crippen LogP contribution in [0.3, 0.4) is 0 Å². The minimum absolute atomic E-state index is 0.160. The van der Waals surface area contributed by atoms with Crippen molar-refractivity contribution in [3.8, 4) is 0 Å². The number of aromatic nitrogens is 2. The number of nitrogens with zero attached hydrogens (tertiary/aromatic N) is 3. The van der Waals surface area contributed by atoms with Crippen LogP contribution in [0.2, 0.25) is 5.02 Å². The topological polar surface area (TPSA) is 61.5 Å². The van der Waals surface area contributed by atoms with Crippen LogP contribution in [0.25, 0.3) is 0 Å². The predicted octanol–water partition coefficient (Wildman–Crippen LogP) is 1.58. The molecule has 1 atom stereocenters. The molecule has 2 aliphatic heterocycles. The lowest BCUT2D eigenvalue weighted by atomic mass is 10.2. The van der Waals surface area contributed by atoms with E-state index < -0.39 is 0 Å². The van der Waals surface area contributed by atoms with Gasteiger partial charge in [-0.05, 0) is 26.2 Å². The standard InChI is InChI=1S/C15H23ClN4O2/c1-11-14(16)12(18-17-11)10-19-5-3-6-20(8-7-19)15(21)13-4-2-9-22-13/h13H,2-10H2,1H3,(H,17,18)/t13-/m0/s1. The molecule has 2 fully saturated rings. The lowest BCUT2D eigenvalue weighted by Crippen LogP contribution is -2.41. The number of rotatable bonds is 3. The van der Waals surface area contributed by atoms with Gasteiger partial charge in [-0.3, -0.25) is 14.8 Å². The van der Waals surface area contributed by atoms with Crippen LogP contribution < -0.4 is 0 Å². The predicted molar refractivity (Wildman–Crippen MR) is 83.8 cm³/mol. The van der Waals surface area contributed by atoms with Gasteiger partial charge in [0.15, 0.2) is 0 Å². The van der Waals surface area contributed by atoms with Gasteiger partial charge >= 0.3 is 0 Å². The molecule has 1 aromatic heterocycles. The second-order valence-electron chi connectivity index (χ2n) is 6.07. The van der Waals surface area contributed by atoms with Gasteiger partial charge in [0.1, 0.15) is 6.10 Å². The number of aryl methyl sites for hydroxylation is 1. The molecule has 0 aliphatic carbocycles. The van der Waals surface area contributed by atoms with E-state index in [1.54, 1.807) is 0 Å². The number of hydrogen-bond donors (Lipinski definition) is 1. The molecular formula is C15H23ClN4O2. The number of amides is 1. The zero-order valence-electron chi connectivity index (χ0n) is 13.0. The Bertz CT molecular complexity index is 528. The van der Waals surface area contributed by atoms with Crippen LogP contribution in [0, 0.1) is 6.92 Å². The highest BCUT2D eigenvalue weighted by Gasteiger charge is 2.29. The molecule has 3 rings (SSSR count). The summed E-state index contributed by atoms with van der Waals surface area (Å²) in [5, 5.41) is 7.89. The normalized spacial score (nSPS) is 23.7. The maximum absolute atomic E-state index is 12.4. The molecule has 0 aromatic carbocycles. The van der Waals surface area contributed by atoms with Crippen LogP contribution in [-0.4, -0.2) is 64.8 Å². The maximum atomic E-state index is 12.4. The van der Waals surface area contributed by atoms with Gasteiger partial charge in [-0.25, -0.2) is 0 Å². The van der Waals surface area contributed by atoms with Gasteiger partial charge in [0.05, 0.1) is 16.4 Å². The lowest BCUT2D eigenvalue weighted by Gasteiger charge is -2.24. The van der Waals surface area contributed by atoms with Crippen molar-refractivity contribution in [1.82, 2.24) is 20.0 Å². The summed E-state index contributed by atoms with van der Waals surface area (Å²) in [5.74, 6) is 0.160. The molecule has 6 nitrogen and oxygen atoms in total. The van der Waals surface area contributed by atoms with Gasteiger partial charge in [0.2, 0.25) is 0 Å². The highest BCUT2D eigenvalue weighted by atomic mass is 35.5. The van der Waals surface area contributed by atoms with Gasteiger partial charge < -0.3 is 9.64 Å². The van der Waals surface area contributed by atoms with Gasteiger partial charge in [-0.15, -0.1) is 0 Å². The summed E-state index contributed by atoms with van der Waals surface area (Å²) in [6.45, 7) is 6.72. The van der Waals surface area contributed by atoms with Crippen molar-refractivity contribution in [2.75, 3.05) is 32.8 Å². The van der Waals surface area contributed by atoms with Crippen LogP contribution in [0.1, 0.15) is 30.7 Å². The summed E-state index contributed by atoms with van der Waals surface area (Å²) in [6.07, 6.45) is 2.61. The Morgan fingerprint density at radius 1 is 1.36 bits per heavy atom. The van der Waals surface area contributed by atoms with Gasteiger partial charge in [0, 0.05) is 39.3 Å². The number of ether oxygens (including phenoxy) is 1. The number of nitrogens with one attached hydrogen (secondary N) is 1. The lowest BCUT2D eigenvalue weighted by molar-refractivity contribution is -0.140. The first kappa shape index (κ1) is 15.8. The fraction of sp³-hybridized carbons (Fsp3) is 0.733. The number of hydrogen-bond acceptors (Lipinski definition) is 4. The number of H-pyrrole nitrogens is 1. The first-order valence-corrected chi connectivity index (χ1v) is 8.35. The van der Waals surface area contributed by atoms with Gasteiger partial charge in [-0.1, -0.05) is 11.6 Å². The van der Waals surface area contributed by atoms with Crippen molar-refractivity contribution >= 4 is 17.5 Å². The summed E-state index contributed by atoms with van der Waals surface area (Å²) < 4.78 is 5.51. The molecule has 0 bridgehead atoms. The molecule has 1 amide bonds. The molecule has 0 spiro atoms. The third kappa shape index (κ3) is 3.45. The summed E-state index contributed by atoms with van der Waals surface area (Å²) in [5.41, 5.74) is 1.79. The molecule has 122 valence electrons. The van der Waals surface area contributed by atoms with Crippen molar-refractivity contribution in [2.45, 2.75) is 38.8 Å². The Kier molecular flexibility index (Phi) is 5.00. The first-order chi connectivity index (χ1) is 10.6. The van der Waals surface area contributed by atoms with E-state index in [2.05, 4.69) is 15.1 Å². The molecule has 22 heavy (non-hydrogen) atoms. The molecule has 1 aromatic rings. The number of carbonyl (C=O) groups excluding carboxylic acids is 1. The Hall–Kier alpha value is -1.11. The smallest absolute Gasteiger partial charge is 0.251 e. The van der Waals surface area contributed by atoms with Crippen LogP contribution in [0.5, 0.6) is 0 Å². The fourth-order valence-corrected chi connectivity index (χ4v) is 3.25. The van der Waals surface area contributed by atoms with E-state index in [0.717, 1.165) is 68.4 Å². The average Bonchev–Trinajstić information content (AvgIpc) is 3.08. The third-order valence-electron chi connectivity index (χ3n) is 4.42. The van der Waals surface area contributed by atoms with Crippen LogP contribution >= 0.6 is 11.6 Å². The second-order valence-corrected chi connectivity index (χ2v) is 6.44. The molecule has 2 saturated heterocycles. The van der Waals surface area contributed by atoms with Crippen molar-refractivity contribution in [2.24, 2.45) is 0 Å². The zero-order valence-corrected chi connectivity index (χ0v) is 13.7. The molecule has 2 aliphatic rings. The summed E-state index contributed by atoms with van der Waals surface area (Å²) in [7, 11) is 0. The number of carbonyl (C=O) groups is 1. The highest BCUT2D eigenvalue weighted by molar-refractivity contribution is 6.31. The minimum Gasteiger partial charge on any atom is -0.368 e. The molecule has 0 radical (unpaired) electrons. The summed E-state index contributed by atoms with van der Waals surface area (Å²) in [4.78, 5) is 16.7. The first-order valence-electron chi connectivity index (χ1n) is 7.97. The van der Waals surface area contributed by atoms with Crippen LogP contribution in [0.15, 0.2) is 0 Å². The number of halogens is 1. The van der Waals surface area contributed by atoms with Crippen LogP contribution in [0.4, 0.5) is 0 Å². The second kappa shape index (κ2) is 6.98. The average molecular weight is 327 g/mol. The molecule has 0 unspecified atom stereocenters.